The zero-order valence-corrected chi connectivity index (χ0v) is 18.6. The van der Waals surface area contributed by atoms with Gasteiger partial charge in [-0.25, -0.2) is 19.0 Å². The van der Waals surface area contributed by atoms with Gasteiger partial charge in [0.05, 0.1) is 18.3 Å². The molecule has 2 aromatic carbocycles. The molecule has 0 spiro atoms. The van der Waals surface area contributed by atoms with Crippen LogP contribution in [0.3, 0.4) is 0 Å². The van der Waals surface area contributed by atoms with E-state index in [0.29, 0.717) is 36.5 Å². The molecule has 1 fully saturated rings. The molecule has 2 heterocycles. The molecule has 1 atom stereocenters. The van der Waals surface area contributed by atoms with Gasteiger partial charge in [0.25, 0.3) is 5.56 Å². The summed E-state index contributed by atoms with van der Waals surface area (Å²) in [6.45, 7) is 0.676. The van der Waals surface area contributed by atoms with Gasteiger partial charge in [0, 0.05) is 10.7 Å². The Morgan fingerprint density at radius 2 is 1.82 bits per heavy atom. The Morgan fingerprint density at radius 1 is 1.09 bits per heavy atom. The lowest BCUT2D eigenvalue weighted by Crippen LogP contribution is -2.46. The van der Waals surface area contributed by atoms with Crippen molar-refractivity contribution in [3.8, 4) is 5.69 Å². The summed E-state index contributed by atoms with van der Waals surface area (Å²) in [4.78, 5) is 51.7. The number of amides is 1. The number of carboxylic acid groups (broad SMARTS) is 1. The highest BCUT2D eigenvalue weighted by molar-refractivity contribution is 6.31. The van der Waals surface area contributed by atoms with E-state index in [1.807, 2.05) is 0 Å². The first kappa shape index (κ1) is 21.9. The van der Waals surface area contributed by atoms with E-state index in [9.17, 15) is 24.3 Å². The van der Waals surface area contributed by atoms with Crippen LogP contribution in [-0.4, -0.2) is 44.7 Å². The molecular formula is C23H19ClN4O6. The molecule has 174 valence electrons. The number of halogens is 1. The summed E-state index contributed by atoms with van der Waals surface area (Å²) in [6, 6.07) is 10.9. The van der Waals surface area contributed by atoms with Crippen LogP contribution in [0.5, 0.6) is 0 Å². The van der Waals surface area contributed by atoms with Crippen LogP contribution in [0.2, 0.25) is 5.02 Å². The SMILES string of the molecule is O=C(O)c1nn(-c2ccc(N3CCOC3=O)cc2)c(=O)n(C2CCCc3c(Cl)cccc32)c1=O. The van der Waals surface area contributed by atoms with Crippen LogP contribution < -0.4 is 16.1 Å². The van der Waals surface area contributed by atoms with E-state index >= 15 is 0 Å². The first-order chi connectivity index (χ1) is 16.4. The van der Waals surface area contributed by atoms with Crippen molar-refractivity contribution in [2.75, 3.05) is 18.1 Å². The van der Waals surface area contributed by atoms with E-state index in [1.165, 1.54) is 17.0 Å². The first-order valence-electron chi connectivity index (χ1n) is 10.7. The van der Waals surface area contributed by atoms with Gasteiger partial charge in [0.2, 0.25) is 5.69 Å². The minimum atomic E-state index is -1.54. The summed E-state index contributed by atoms with van der Waals surface area (Å²) < 4.78 is 6.79. The number of hydrogen-bond donors (Lipinski definition) is 1. The molecule has 5 rings (SSSR count). The zero-order chi connectivity index (χ0) is 24.0. The normalized spacial score (nSPS) is 17.4. The molecule has 1 amide bonds. The Labute approximate surface area is 197 Å². The number of rotatable bonds is 4. The van der Waals surface area contributed by atoms with Gasteiger partial charge in [-0.15, -0.1) is 0 Å². The summed E-state index contributed by atoms with van der Waals surface area (Å²) in [5.74, 6) is -1.54. The Kier molecular flexibility index (Phi) is 5.45. The fourth-order valence-corrected chi connectivity index (χ4v) is 4.79. The van der Waals surface area contributed by atoms with Crippen LogP contribution in [0, 0.1) is 0 Å². The van der Waals surface area contributed by atoms with E-state index in [-0.39, 0.29) is 12.3 Å². The van der Waals surface area contributed by atoms with Gasteiger partial charge >= 0.3 is 17.8 Å². The number of aromatic nitrogens is 3. The van der Waals surface area contributed by atoms with Crippen LogP contribution in [0.25, 0.3) is 5.69 Å². The Hall–Kier alpha value is -3.92. The maximum Gasteiger partial charge on any atom is 0.414 e. The van der Waals surface area contributed by atoms with Crippen LogP contribution in [0.4, 0.5) is 10.5 Å². The van der Waals surface area contributed by atoms with Crippen molar-refractivity contribution < 1.29 is 19.4 Å². The Morgan fingerprint density at radius 3 is 2.50 bits per heavy atom. The maximum absolute atomic E-state index is 13.5. The number of nitrogens with zero attached hydrogens (tertiary/aromatic N) is 4. The van der Waals surface area contributed by atoms with Crippen LogP contribution in [0.15, 0.2) is 52.1 Å². The smallest absolute Gasteiger partial charge is 0.414 e. The number of cyclic esters (lactones) is 1. The second-order valence-corrected chi connectivity index (χ2v) is 8.43. The lowest BCUT2D eigenvalue weighted by Gasteiger charge is -2.27. The molecule has 0 radical (unpaired) electrons. The van der Waals surface area contributed by atoms with Crippen molar-refractivity contribution in [1.82, 2.24) is 14.3 Å². The minimum Gasteiger partial charge on any atom is -0.476 e. The van der Waals surface area contributed by atoms with Gasteiger partial charge in [-0.3, -0.25) is 9.69 Å². The van der Waals surface area contributed by atoms with Gasteiger partial charge in [-0.2, -0.15) is 9.78 Å². The molecule has 10 nitrogen and oxygen atoms in total. The van der Waals surface area contributed by atoms with E-state index in [4.69, 9.17) is 16.3 Å². The molecule has 1 aromatic heterocycles. The number of benzene rings is 2. The highest BCUT2D eigenvalue weighted by Crippen LogP contribution is 2.35. The number of aromatic carboxylic acids is 1. The third-order valence-corrected chi connectivity index (χ3v) is 6.46. The Bertz CT molecular complexity index is 1430. The molecule has 1 saturated heterocycles. The highest BCUT2D eigenvalue weighted by Gasteiger charge is 2.30. The average molecular weight is 483 g/mol. The number of carbonyl (C=O) groups excluding carboxylic acids is 1. The number of hydrogen-bond acceptors (Lipinski definition) is 6. The molecular weight excluding hydrogens is 464 g/mol. The molecule has 1 unspecified atom stereocenters. The lowest BCUT2D eigenvalue weighted by atomic mass is 9.87. The number of carbonyl (C=O) groups is 2. The topological polar surface area (TPSA) is 124 Å². The molecule has 1 N–H and O–H groups in total. The highest BCUT2D eigenvalue weighted by atomic mass is 35.5. The average Bonchev–Trinajstić information content (AvgIpc) is 3.25. The van der Waals surface area contributed by atoms with Crippen LogP contribution in [0.1, 0.15) is 40.5 Å². The molecule has 0 bridgehead atoms. The molecule has 1 aliphatic carbocycles. The number of anilines is 1. The van der Waals surface area contributed by atoms with Gasteiger partial charge in [0.1, 0.15) is 6.61 Å². The van der Waals surface area contributed by atoms with E-state index < -0.39 is 35.0 Å². The fraction of sp³-hybridized carbons (Fsp3) is 0.261. The van der Waals surface area contributed by atoms with Crippen molar-refractivity contribution in [1.29, 1.82) is 0 Å². The number of ether oxygens (including phenoxy) is 1. The zero-order valence-electron chi connectivity index (χ0n) is 17.8. The molecule has 34 heavy (non-hydrogen) atoms. The first-order valence-corrected chi connectivity index (χ1v) is 11.1. The van der Waals surface area contributed by atoms with Crippen molar-refractivity contribution in [3.05, 3.63) is 85.1 Å². The molecule has 11 heteroatoms. The monoisotopic (exact) mass is 482 g/mol. The van der Waals surface area contributed by atoms with Gasteiger partial charge in [0.15, 0.2) is 0 Å². The maximum atomic E-state index is 13.5. The van der Waals surface area contributed by atoms with Crippen LogP contribution >= 0.6 is 11.6 Å². The van der Waals surface area contributed by atoms with E-state index in [2.05, 4.69) is 5.10 Å². The summed E-state index contributed by atoms with van der Waals surface area (Å²) in [7, 11) is 0. The lowest BCUT2D eigenvalue weighted by molar-refractivity contribution is 0.0684. The van der Waals surface area contributed by atoms with Crippen molar-refractivity contribution in [2.24, 2.45) is 0 Å². The van der Waals surface area contributed by atoms with E-state index in [1.54, 1.807) is 30.3 Å². The third-order valence-electron chi connectivity index (χ3n) is 6.11. The van der Waals surface area contributed by atoms with E-state index in [0.717, 1.165) is 20.4 Å². The number of carboxylic acids is 1. The molecule has 1 aliphatic heterocycles. The number of fused-ring (bicyclic) bond motifs is 1. The molecule has 0 saturated carbocycles. The predicted molar refractivity (Wildman–Crippen MR) is 122 cm³/mol. The summed E-state index contributed by atoms with van der Waals surface area (Å²) in [6.07, 6.45) is 1.38. The van der Waals surface area contributed by atoms with Crippen molar-refractivity contribution in [3.63, 3.8) is 0 Å². The van der Waals surface area contributed by atoms with Gasteiger partial charge < -0.3 is 9.84 Å². The summed E-state index contributed by atoms with van der Waals surface area (Å²) in [5, 5.41) is 14.0. The Balaban J connectivity index is 1.66. The minimum absolute atomic E-state index is 0.250. The summed E-state index contributed by atoms with van der Waals surface area (Å²) in [5.41, 5.74) is -0.129. The van der Waals surface area contributed by atoms with Crippen molar-refractivity contribution in [2.45, 2.75) is 25.3 Å². The van der Waals surface area contributed by atoms with Crippen molar-refractivity contribution >= 4 is 29.4 Å². The largest absolute Gasteiger partial charge is 0.476 e. The fourth-order valence-electron chi connectivity index (χ4n) is 4.51. The van der Waals surface area contributed by atoms with Gasteiger partial charge in [-0.1, -0.05) is 23.7 Å². The quantitative estimate of drug-likeness (QED) is 0.606. The summed E-state index contributed by atoms with van der Waals surface area (Å²) >= 11 is 6.35. The third kappa shape index (κ3) is 3.56. The second kappa shape index (κ2) is 8.45. The van der Waals surface area contributed by atoms with Crippen LogP contribution in [-0.2, 0) is 11.2 Å². The molecule has 3 aromatic rings. The standard InChI is InChI=1S/C23H19ClN4O6/c24-17-5-1-4-16-15(17)3-2-6-18(16)27-20(29)19(21(30)31)25-28(22(27)32)14-9-7-13(8-10-14)26-11-12-34-23(26)33/h1,4-5,7-10,18H,2-3,6,11-12H2,(H,30,31). The second-order valence-electron chi connectivity index (χ2n) is 8.02. The van der Waals surface area contributed by atoms with Gasteiger partial charge in [-0.05, 0) is 60.7 Å². The molecule has 2 aliphatic rings. The predicted octanol–water partition coefficient (Wildman–Crippen LogP) is 2.63.